The summed E-state index contributed by atoms with van der Waals surface area (Å²) in [5.74, 6) is 0.941. The molecule has 0 fully saturated rings. The summed E-state index contributed by atoms with van der Waals surface area (Å²) < 4.78 is 1.87. The molecule has 1 aromatic carbocycles. The second-order valence-electron chi connectivity index (χ2n) is 5.73. The molecule has 6 nitrogen and oxygen atoms in total. The number of thioether (sulfide) groups is 1. The van der Waals surface area contributed by atoms with Crippen molar-refractivity contribution in [2.45, 2.75) is 18.1 Å². The van der Waals surface area contributed by atoms with Crippen LogP contribution in [-0.4, -0.2) is 31.4 Å². The average molecular weight is 388 g/mol. The molecule has 2 heterocycles. The molecule has 3 rings (SSSR count). The fourth-order valence-electron chi connectivity index (χ4n) is 2.44. The molecule has 134 valence electrons. The summed E-state index contributed by atoms with van der Waals surface area (Å²) in [6.07, 6.45) is 3.42. The van der Waals surface area contributed by atoms with Crippen LogP contribution in [0.15, 0.2) is 53.9 Å². The van der Waals surface area contributed by atoms with Crippen molar-refractivity contribution in [3.8, 4) is 11.4 Å². The van der Waals surface area contributed by atoms with Crippen molar-refractivity contribution < 1.29 is 4.79 Å². The molecule has 0 aliphatic carbocycles. The molecule has 1 N–H and O–H groups in total. The van der Waals surface area contributed by atoms with Gasteiger partial charge in [0.15, 0.2) is 11.0 Å². The van der Waals surface area contributed by atoms with Crippen molar-refractivity contribution in [2.24, 2.45) is 7.05 Å². The lowest BCUT2D eigenvalue weighted by atomic mass is 10.1. The number of rotatable bonds is 6. The van der Waals surface area contributed by atoms with Crippen LogP contribution < -0.4 is 5.32 Å². The number of carbonyl (C=O) groups excluding carboxylic acids is 1. The van der Waals surface area contributed by atoms with Crippen LogP contribution in [0.5, 0.6) is 0 Å². The fourth-order valence-corrected chi connectivity index (χ4v) is 3.29. The first-order valence-electron chi connectivity index (χ1n) is 8.02. The highest BCUT2D eigenvalue weighted by molar-refractivity contribution is 7.99. The molecule has 0 saturated carbocycles. The van der Waals surface area contributed by atoms with Gasteiger partial charge in [0, 0.05) is 30.0 Å². The second-order valence-corrected chi connectivity index (χ2v) is 7.11. The highest BCUT2D eigenvalue weighted by Crippen LogP contribution is 2.22. The molecule has 0 spiro atoms. The van der Waals surface area contributed by atoms with E-state index in [9.17, 15) is 4.79 Å². The van der Waals surface area contributed by atoms with E-state index in [1.54, 1.807) is 12.4 Å². The van der Waals surface area contributed by atoms with Gasteiger partial charge in [0.25, 0.3) is 0 Å². The van der Waals surface area contributed by atoms with Crippen LogP contribution in [0, 0.1) is 0 Å². The van der Waals surface area contributed by atoms with Crippen LogP contribution in [0.2, 0.25) is 5.02 Å². The van der Waals surface area contributed by atoms with E-state index in [1.165, 1.54) is 11.8 Å². The Bertz CT molecular complexity index is 882. The van der Waals surface area contributed by atoms with Gasteiger partial charge in [-0.2, -0.15) is 0 Å². The predicted molar refractivity (Wildman–Crippen MR) is 103 cm³/mol. The van der Waals surface area contributed by atoms with E-state index in [0.29, 0.717) is 10.2 Å². The van der Waals surface area contributed by atoms with E-state index in [0.717, 1.165) is 17.0 Å². The van der Waals surface area contributed by atoms with Crippen molar-refractivity contribution in [1.82, 2.24) is 25.1 Å². The van der Waals surface area contributed by atoms with Crippen LogP contribution in [-0.2, 0) is 11.8 Å². The van der Waals surface area contributed by atoms with Gasteiger partial charge in [-0.3, -0.25) is 9.78 Å². The lowest BCUT2D eigenvalue weighted by molar-refractivity contribution is -0.119. The zero-order valence-corrected chi connectivity index (χ0v) is 16.0. The van der Waals surface area contributed by atoms with Crippen LogP contribution >= 0.6 is 23.4 Å². The van der Waals surface area contributed by atoms with Gasteiger partial charge in [0.2, 0.25) is 5.91 Å². The smallest absolute Gasteiger partial charge is 0.230 e. The summed E-state index contributed by atoms with van der Waals surface area (Å²) in [5, 5.41) is 12.7. The van der Waals surface area contributed by atoms with E-state index in [1.807, 2.05) is 54.9 Å². The lowest BCUT2D eigenvalue weighted by Gasteiger charge is -2.14. The number of nitrogens with zero attached hydrogens (tertiary/aromatic N) is 4. The number of halogens is 1. The molecule has 0 saturated heterocycles. The summed E-state index contributed by atoms with van der Waals surface area (Å²) >= 11 is 7.24. The number of carbonyl (C=O) groups is 1. The first-order chi connectivity index (χ1) is 12.5. The third-order valence-electron chi connectivity index (χ3n) is 3.85. The molecule has 26 heavy (non-hydrogen) atoms. The third-order valence-corrected chi connectivity index (χ3v) is 5.13. The Hall–Kier alpha value is -2.38. The molecular formula is C18H18ClN5OS. The van der Waals surface area contributed by atoms with Gasteiger partial charge in [0.1, 0.15) is 0 Å². The van der Waals surface area contributed by atoms with Gasteiger partial charge < -0.3 is 9.88 Å². The van der Waals surface area contributed by atoms with Crippen LogP contribution in [0.4, 0.5) is 0 Å². The highest BCUT2D eigenvalue weighted by atomic mass is 35.5. The molecule has 1 atom stereocenters. The highest BCUT2D eigenvalue weighted by Gasteiger charge is 2.14. The molecular weight excluding hydrogens is 370 g/mol. The topological polar surface area (TPSA) is 72.7 Å². The molecule has 0 aliphatic heterocycles. The maximum absolute atomic E-state index is 12.2. The van der Waals surface area contributed by atoms with Crippen molar-refractivity contribution in [3.05, 3.63) is 59.4 Å². The number of amides is 1. The Morgan fingerprint density at radius 1 is 1.19 bits per heavy atom. The Labute approximate surface area is 161 Å². The molecule has 0 aliphatic rings. The van der Waals surface area contributed by atoms with Gasteiger partial charge in [-0.05, 0) is 36.8 Å². The van der Waals surface area contributed by atoms with Crippen LogP contribution in [0.25, 0.3) is 11.4 Å². The zero-order valence-electron chi connectivity index (χ0n) is 14.4. The predicted octanol–water partition coefficient (Wildman–Crippen LogP) is 3.50. The summed E-state index contributed by atoms with van der Waals surface area (Å²) in [6, 6.07) is 11.1. The number of hydrogen-bond acceptors (Lipinski definition) is 5. The molecule has 1 amide bonds. The Morgan fingerprint density at radius 3 is 2.58 bits per heavy atom. The van der Waals surface area contributed by atoms with Gasteiger partial charge in [-0.25, -0.2) is 0 Å². The standard InChI is InChI=1S/C18H18ClN5OS/c1-12(13-3-5-15(19)6-4-13)21-16(25)11-26-18-23-22-17(24(18)2)14-7-9-20-10-8-14/h3-10,12H,11H2,1-2H3,(H,21,25)/t12-/m0/s1. The van der Waals surface area contributed by atoms with Gasteiger partial charge >= 0.3 is 0 Å². The normalized spacial score (nSPS) is 12.0. The first kappa shape index (κ1) is 18.4. The summed E-state index contributed by atoms with van der Waals surface area (Å²) in [4.78, 5) is 16.2. The minimum Gasteiger partial charge on any atom is -0.349 e. The third kappa shape index (κ3) is 4.42. The Morgan fingerprint density at radius 2 is 1.88 bits per heavy atom. The largest absolute Gasteiger partial charge is 0.349 e. The molecule has 2 aromatic heterocycles. The summed E-state index contributed by atoms with van der Waals surface area (Å²) in [7, 11) is 1.88. The lowest BCUT2D eigenvalue weighted by Crippen LogP contribution is -2.28. The molecule has 3 aromatic rings. The molecule has 0 unspecified atom stereocenters. The molecule has 0 bridgehead atoms. The quantitative estimate of drug-likeness (QED) is 0.655. The minimum absolute atomic E-state index is 0.0640. The van der Waals surface area contributed by atoms with Gasteiger partial charge in [-0.1, -0.05) is 35.5 Å². The summed E-state index contributed by atoms with van der Waals surface area (Å²) in [6.45, 7) is 1.94. The maximum atomic E-state index is 12.2. The Balaban J connectivity index is 1.58. The van der Waals surface area contributed by atoms with Crippen molar-refractivity contribution in [1.29, 1.82) is 0 Å². The van der Waals surface area contributed by atoms with Crippen LogP contribution in [0.1, 0.15) is 18.5 Å². The average Bonchev–Trinajstić information content (AvgIpc) is 3.02. The minimum atomic E-state index is -0.0905. The van der Waals surface area contributed by atoms with Crippen LogP contribution in [0.3, 0.4) is 0 Å². The summed E-state index contributed by atoms with van der Waals surface area (Å²) in [5.41, 5.74) is 1.94. The monoisotopic (exact) mass is 387 g/mol. The number of hydrogen-bond donors (Lipinski definition) is 1. The number of nitrogens with one attached hydrogen (secondary N) is 1. The Kier molecular flexibility index (Phi) is 5.90. The first-order valence-corrected chi connectivity index (χ1v) is 9.38. The number of benzene rings is 1. The van der Waals surface area contributed by atoms with E-state index in [4.69, 9.17) is 11.6 Å². The van der Waals surface area contributed by atoms with Crippen molar-refractivity contribution in [2.75, 3.05) is 5.75 Å². The van der Waals surface area contributed by atoms with Gasteiger partial charge in [-0.15, -0.1) is 10.2 Å². The van der Waals surface area contributed by atoms with E-state index >= 15 is 0 Å². The fraction of sp³-hybridized carbons (Fsp3) is 0.222. The number of aromatic nitrogens is 4. The van der Waals surface area contributed by atoms with E-state index in [-0.39, 0.29) is 17.7 Å². The van der Waals surface area contributed by atoms with E-state index in [2.05, 4.69) is 20.5 Å². The van der Waals surface area contributed by atoms with E-state index < -0.39 is 0 Å². The molecule has 0 radical (unpaired) electrons. The second kappa shape index (κ2) is 8.33. The zero-order chi connectivity index (χ0) is 18.5. The maximum Gasteiger partial charge on any atom is 0.230 e. The number of pyridine rings is 1. The van der Waals surface area contributed by atoms with Crippen molar-refractivity contribution >= 4 is 29.3 Å². The van der Waals surface area contributed by atoms with Gasteiger partial charge in [0.05, 0.1) is 11.8 Å². The van der Waals surface area contributed by atoms with Crippen molar-refractivity contribution in [3.63, 3.8) is 0 Å². The SMILES string of the molecule is C[C@H](NC(=O)CSc1nnc(-c2ccncc2)n1C)c1ccc(Cl)cc1. The molecule has 8 heteroatoms.